The van der Waals surface area contributed by atoms with Gasteiger partial charge in [0.15, 0.2) is 5.76 Å². The van der Waals surface area contributed by atoms with Crippen molar-refractivity contribution in [1.82, 2.24) is 19.8 Å². The van der Waals surface area contributed by atoms with E-state index in [1.54, 1.807) is 15.9 Å². The molecule has 25 heavy (non-hydrogen) atoms. The highest BCUT2D eigenvalue weighted by Gasteiger charge is 2.27. The molecule has 2 aromatic heterocycles. The SMILES string of the molecule is O=C(c1cnccn1)N1CCN(C(=O)c2cc3ccccc3o2)CC1. The summed E-state index contributed by atoms with van der Waals surface area (Å²) in [6.07, 6.45) is 4.48. The Morgan fingerprint density at radius 2 is 1.68 bits per heavy atom. The average molecular weight is 336 g/mol. The van der Waals surface area contributed by atoms with Crippen LogP contribution in [0.2, 0.25) is 0 Å². The van der Waals surface area contributed by atoms with E-state index in [4.69, 9.17) is 4.42 Å². The Morgan fingerprint density at radius 1 is 0.960 bits per heavy atom. The van der Waals surface area contributed by atoms with Crippen LogP contribution in [0.3, 0.4) is 0 Å². The van der Waals surface area contributed by atoms with E-state index in [1.165, 1.54) is 18.6 Å². The molecule has 1 aromatic carbocycles. The minimum atomic E-state index is -0.163. The van der Waals surface area contributed by atoms with E-state index in [9.17, 15) is 9.59 Å². The van der Waals surface area contributed by atoms with Crippen molar-refractivity contribution in [3.63, 3.8) is 0 Å². The Kier molecular flexibility index (Phi) is 3.89. The van der Waals surface area contributed by atoms with Crippen LogP contribution in [0.1, 0.15) is 21.0 Å². The quantitative estimate of drug-likeness (QED) is 0.713. The van der Waals surface area contributed by atoms with Gasteiger partial charge < -0.3 is 14.2 Å². The van der Waals surface area contributed by atoms with Gasteiger partial charge in [-0.05, 0) is 12.1 Å². The normalized spacial score (nSPS) is 14.7. The molecule has 0 saturated carbocycles. The van der Waals surface area contributed by atoms with Gasteiger partial charge in [-0.15, -0.1) is 0 Å². The highest BCUT2D eigenvalue weighted by molar-refractivity contribution is 5.96. The molecule has 7 nitrogen and oxygen atoms in total. The smallest absolute Gasteiger partial charge is 0.289 e. The number of carbonyl (C=O) groups excluding carboxylic acids is 2. The van der Waals surface area contributed by atoms with E-state index in [-0.39, 0.29) is 11.8 Å². The summed E-state index contributed by atoms with van der Waals surface area (Å²) < 4.78 is 5.64. The van der Waals surface area contributed by atoms with Crippen LogP contribution in [0, 0.1) is 0 Å². The number of para-hydroxylation sites is 1. The predicted molar refractivity (Wildman–Crippen MR) is 90.1 cm³/mol. The van der Waals surface area contributed by atoms with Crippen LogP contribution < -0.4 is 0 Å². The zero-order valence-corrected chi connectivity index (χ0v) is 13.5. The third kappa shape index (κ3) is 2.96. The third-order valence-corrected chi connectivity index (χ3v) is 4.27. The Bertz CT molecular complexity index is 881. The number of fused-ring (bicyclic) bond motifs is 1. The van der Waals surface area contributed by atoms with E-state index in [0.717, 1.165) is 5.39 Å². The van der Waals surface area contributed by atoms with Gasteiger partial charge in [0.25, 0.3) is 11.8 Å². The number of piperazine rings is 1. The summed E-state index contributed by atoms with van der Waals surface area (Å²) in [5.41, 5.74) is 1.02. The molecular formula is C18H16N4O3. The summed E-state index contributed by atoms with van der Waals surface area (Å²) in [5, 5.41) is 0.905. The maximum Gasteiger partial charge on any atom is 0.289 e. The lowest BCUT2D eigenvalue weighted by Gasteiger charge is -2.34. The van der Waals surface area contributed by atoms with E-state index in [1.807, 2.05) is 24.3 Å². The summed E-state index contributed by atoms with van der Waals surface area (Å²) in [7, 11) is 0. The van der Waals surface area contributed by atoms with E-state index in [0.29, 0.717) is 43.2 Å². The zero-order chi connectivity index (χ0) is 17.2. The molecule has 0 aliphatic carbocycles. The van der Waals surface area contributed by atoms with Crippen LogP contribution in [0.25, 0.3) is 11.0 Å². The molecule has 126 valence electrons. The standard InChI is InChI=1S/C18H16N4O3/c23-17(14-12-19-5-6-20-14)21-7-9-22(10-8-21)18(24)16-11-13-3-1-2-4-15(13)25-16/h1-6,11-12H,7-10H2. The number of nitrogens with zero attached hydrogens (tertiary/aromatic N) is 4. The summed E-state index contributed by atoms with van der Waals surface area (Å²) in [6.45, 7) is 1.84. The van der Waals surface area contributed by atoms with Gasteiger partial charge in [0.1, 0.15) is 11.3 Å². The topological polar surface area (TPSA) is 79.5 Å². The number of furan rings is 1. The van der Waals surface area contributed by atoms with Crippen LogP contribution >= 0.6 is 0 Å². The van der Waals surface area contributed by atoms with E-state index < -0.39 is 0 Å². The maximum absolute atomic E-state index is 12.6. The lowest BCUT2D eigenvalue weighted by molar-refractivity contribution is 0.0516. The minimum Gasteiger partial charge on any atom is -0.451 e. The number of hydrogen-bond donors (Lipinski definition) is 0. The average Bonchev–Trinajstić information content (AvgIpc) is 3.12. The van der Waals surface area contributed by atoms with Crippen LogP contribution in [-0.2, 0) is 0 Å². The fourth-order valence-electron chi connectivity index (χ4n) is 2.93. The van der Waals surface area contributed by atoms with Gasteiger partial charge in [-0.3, -0.25) is 14.6 Å². The first kappa shape index (κ1) is 15.3. The molecule has 1 fully saturated rings. The van der Waals surface area contributed by atoms with Gasteiger partial charge >= 0.3 is 0 Å². The molecule has 3 heterocycles. The molecule has 4 rings (SSSR count). The molecule has 0 radical (unpaired) electrons. The Balaban J connectivity index is 1.43. The molecule has 1 aliphatic heterocycles. The first-order valence-corrected chi connectivity index (χ1v) is 8.05. The summed E-state index contributed by atoms with van der Waals surface area (Å²) in [4.78, 5) is 36.3. The summed E-state index contributed by atoms with van der Waals surface area (Å²) >= 11 is 0. The molecule has 1 saturated heterocycles. The molecule has 3 aromatic rings. The molecule has 0 atom stereocenters. The first-order valence-electron chi connectivity index (χ1n) is 8.05. The molecule has 1 aliphatic rings. The predicted octanol–water partition coefficient (Wildman–Crippen LogP) is 1.82. The van der Waals surface area contributed by atoms with Crippen molar-refractivity contribution in [1.29, 1.82) is 0 Å². The second kappa shape index (κ2) is 6.35. The minimum absolute atomic E-state index is 0.150. The number of rotatable bonds is 2. The Morgan fingerprint density at radius 3 is 2.36 bits per heavy atom. The monoisotopic (exact) mass is 336 g/mol. The molecule has 2 amide bonds. The van der Waals surface area contributed by atoms with Gasteiger partial charge in [0, 0.05) is 44.0 Å². The molecule has 0 N–H and O–H groups in total. The van der Waals surface area contributed by atoms with Crippen molar-refractivity contribution in [2.45, 2.75) is 0 Å². The zero-order valence-electron chi connectivity index (χ0n) is 13.5. The summed E-state index contributed by atoms with van der Waals surface area (Å²) in [6, 6.07) is 9.28. The number of amides is 2. The van der Waals surface area contributed by atoms with E-state index in [2.05, 4.69) is 9.97 Å². The van der Waals surface area contributed by atoms with Crippen LogP contribution in [0.5, 0.6) is 0 Å². The lowest BCUT2D eigenvalue weighted by atomic mass is 10.2. The fraction of sp³-hybridized carbons (Fsp3) is 0.222. The second-order valence-corrected chi connectivity index (χ2v) is 5.82. The molecule has 7 heteroatoms. The van der Waals surface area contributed by atoms with Crippen LogP contribution in [0.15, 0.2) is 53.3 Å². The van der Waals surface area contributed by atoms with Crippen molar-refractivity contribution in [2.75, 3.05) is 26.2 Å². The van der Waals surface area contributed by atoms with Crippen molar-refractivity contribution < 1.29 is 14.0 Å². The van der Waals surface area contributed by atoms with Gasteiger partial charge in [-0.1, -0.05) is 18.2 Å². The fourth-order valence-corrected chi connectivity index (χ4v) is 2.93. The Hall–Kier alpha value is -3.22. The summed E-state index contributed by atoms with van der Waals surface area (Å²) in [5.74, 6) is 0.0154. The maximum atomic E-state index is 12.6. The van der Waals surface area contributed by atoms with Crippen molar-refractivity contribution in [2.24, 2.45) is 0 Å². The van der Waals surface area contributed by atoms with Crippen molar-refractivity contribution >= 4 is 22.8 Å². The number of carbonyl (C=O) groups is 2. The van der Waals surface area contributed by atoms with Gasteiger partial charge in [-0.2, -0.15) is 0 Å². The second-order valence-electron chi connectivity index (χ2n) is 5.82. The first-order chi connectivity index (χ1) is 12.2. The number of aromatic nitrogens is 2. The number of benzene rings is 1. The largest absolute Gasteiger partial charge is 0.451 e. The molecule has 0 bridgehead atoms. The van der Waals surface area contributed by atoms with E-state index >= 15 is 0 Å². The molecular weight excluding hydrogens is 320 g/mol. The van der Waals surface area contributed by atoms with Crippen molar-refractivity contribution in [3.05, 3.63) is 60.4 Å². The van der Waals surface area contributed by atoms with Crippen LogP contribution in [0.4, 0.5) is 0 Å². The van der Waals surface area contributed by atoms with Crippen molar-refractivity contribution in [3.8, 4) is 0 Å². The van der Waals surface area contributed by atoms with Gasteiger partial charge in [0.05, 0.1) is 6.20 Å². The highest BCUT2D eigenvalue weighted by atomic mass is 16.3. The van der Waals surface area contributed by atoms with Gasteiger partial charge in [-0.25, -0.2) is 4.98 Å². The highest BCUT2D eigenvalue weighted by Crippen LogP contribution is 2.20. The molecule has 0 spiro atoms. The number of hydrogen-bond acceptors (Lipinski definition) is 5. The van der Waals surface area contributed by atoms with Crippen LogP contribution in [-0.4, -0.2) is 57.8 Å². The Labute approximate surface area is 143 Å². The molecule has 0 unspecified atom stereocenters. The lowest BCUT2D eigenvalue weighted by Crippen LogP contribution is -2.50. The van der Waals surface area contributed by atoms with Gasteiger partial charge in [0.2, 0.25) is 0 Å². The third-order valence-electron chi connectivity index (χ3n) is 4.27.